The third kappa shape index (κ3) is 2.95. The molecule has 3 rings (SSSR count). The van der Waals surface area contributed by atoms with Crippen molar-refractivity contribution in [2.24, 2.45) is 11.7 Å². The van der Waals surface area contributed by atoms with E-state index in [0.717, 1.165) is 18.5 Å². The van der Waals surface area contributed by atoms with Crippen molar-refractivity contribution < 1.29 is 0 Å². The third-order valence-electron chi connectivity index (χ3n) is 4.51. The molecule has 1 aliphatic carbocycles. The first kappa shape index (κ1) is 12.6. The molecule has 100 valence electrons. The molecule has 1 saturated heterocycles. The zero-order chi connectivity index (χ0) is 12.4. The van der Waals surface area contributed by atoms with Gasteiger partial charge in [-0.2, -0.15) is 0 Å². The quantitative estimate of drug-likeness (QED) is 0.909. The Balaban J connectivity index is 1.61. The topological polar surface area (TPSA) is 29.3 Å². The van der Waals surface area contributed by atoms with Gasteiger partial charge in [0, 0.05) is 30.1 Å². The van der Waals surface area contributed by atoms with Gasteiger partial charge in [0.2, 0.25) is 0 Å². The van der Waals surface area contributed by atoms with Crippen molar-refractivity contribution in [2.75, 3.05) is 13.1 Å². The normalized spacial score (nSPS) is 30.9. The molecule has 2 atom stereocenters. The summed E-state index contributed by atoms with van der Waals surface area (Å²) in [7, 11) is 0. The Morgan fingerprint density at radius 1 is 1.28 bits per heavy atom. The van der Waals surface area contributed by atoms with Gasteiger partial charge >= 0.3 is 0 Å². The van der Waals surface area contributed by atoms with Crippen LogP contribution in [0.3, 0.4) is 0 Å². The fourth-order valence-corrected chi connectivity index (χ4v) is 4.53. The molecule has 2 nitrogen and oxygen atoms in total. The number of thiophene rings is 1. The van der Waals surface area contributed by atoms with Crippen LogP contribution in [0, 0.1) is 5.92 Å². The largest absolute Gasteiger partial charge is 0.327 e. The van der Waals surface area contributed by atoms with E-state index in [2.05, 4.69) is 22.4 Å². The average molecular weight is 264 g/mol. The van der Waals surface area contributed by atoms with Gasteiger partial charge in [0.05, 0.1) is 0 Å². The number of piperidine rings is 1. The van der Waals surface area contributed by atoms with Crippen molar-refractivity contribution >= 4 is 11.3 Å². The highest BCUT2D eigenvalue weighted by Crippen LogP contribution is 2.29. The lowest BCUT2D eigenvalue weighted by Gasteiger charge is -2.39. The number of rotatable bonds is 3. The van der Waals surface area contributed by atoms with Gasteiger partial charge in [-0.05, 0) is 43.0 Å². The molecule has 0 spiro atoms. The van der Waals surface area contributed by atoms with Crippen molar-refractivity contribution in [1.29, 1.82) is 0 Å². The van der Waals surface area contributed by atoms with Crippen LogP contribution in [0.25, 0.3) is 0 Å². The fraction of sp³-hybridized carbons (Fsp3) is 0.733. The molecule has 1 aromatic rings. The van der Waals surface area contributed by atoms with E-state index in [-0.39, 0.29) is 0 Å². The Hall–Kier alpha value is -0.380. The molecule has 0 radical (unpaired) electrons. The van der Waals surface area contributed by atoms with Gasteiger partial charge in [-0.15, -0.1) is 11.3 Å². The van der Waals surface area contributed by atoms with Gasteiger partial charge in [0.25, 0.3) is 0 Å². The maximum Gasteiger partial charge on any atom is 0.0171 e. The van der Waals surface area contributed by atoms with Gasteiger partial charge in [-0.1, -0.05) is 18.9 Å². The summed E-state index contributed by atoms with van der Waals surface area (Å²) < 4.78 is 0. The predicted octanol–water partition coefficient (Wildman–Crippen LogP) is 2.88. The van der Waals surface area contributed by atoms with Crippen LogP contribution >= 0.6 is 11.3 Å². The second-order valence-electron chi connectivity index (χ2n) is 6.04. The number of likely N-dealkylation sites (tertiary alicyclic amines) is 1. The Morgan fingerprint density at radius 3 is 2.83 bits per heavy atom. The van der Waals surface area contributed by atoms with Crippen molar-refractivity contribution in [3.05, 3.63) is 22.4 Å². The van der Waals surface area contributed by atoms with Crippen molar-refractivity contribution in [1.82, 2.24) is 4.90 Å². The molecule has 0 bridgehead atoms. The van der Waals surface area contributed by atoms with Crippen LogP contribution in [0.5, 0.6) is 0 Å². The SMILES string of the molecule is NC1CC(Cc2cccs2)CN(C2CCCC2)C1. The summed E-state index contributed by atoms with van der Waals surface area (Å²) in [5.74, 6) is 0.771. The van der Waals surface area contributed by atoms with Crippen LogP contribution in [-0.4, -0.2) is 30.1 Å². The van der Waals surface area contributed by atoms with Gasteiger partial charge in [0.1, 0.15) is 0 Å². The summed E-state index contributed by atoms with van der Waals surface area (Å²) in [5.41, 5.74) is 6.27. The van der Waals surface area contributed by atoms with Crippen LogP contribution in [0.1, 0.15) is 37.0 Å². The minimum Gasteiger partial charge on any atom is -0.327 e. The van der Waals surface area contributed by atoms with E-state index in [1.54, 1.807) is 0 Å². The zero-order valence-electron chi connectivity index (χ0n) is 11.1. The van der Waals surface area contributed by atoms with E-state index >= 15 is 0 Å². The molecule has 1 aromatic heterocycles. The highest BCUT2D eigenvalue weighted by atomic mass is 32.1. The van der Waals surface area contributed by atoms with E-state index in [1.165, 1.54) is 49.9 Å². The standard InChI is InChI=1S/C15H24N2S/c16-13-8-12(9-15-6-3-7-18-15)10-17(11-13)14-4-1-2-5-14/h3,6-7,12-14H,1-2,4-5,8-11,16H2. The lowest BCUT2D eigenvalue weighted by atomic mass is 9.90. The highest BCUT2D eigenvalue weighted by molar-refractivity contribution is 7.09. The lowest BCUT2D eigenvalue weighted by molar-refractivity contribution is 0.111. The van der Waals surface area contributed by atoms with Gasteiger partial charge in [-0.25, -0.2) is 0 Å². The highest BCUT2D eigenvalue weighted by Gasteiger charge is 2.31. The number of nitrogens with zero attached hydrogens (tertiary/aromatic N) is 1. The maximum atomic E-state index is 6.27. The van der Waals surface area contributed by atoms with E-state index in [9.17, 15) is 0 Å². The summed E-state index contributed by atoms with van der Waals surface area (Å²) in [4.78, 5) is 4.22. The fourth-order valence-electron chi connectivity index (χ4n) is 3.71. The Morgan fingerprint density at radius 2 is 2.11 bits per heavy atom. The number of hydrogen-bond acceptors (Lipinski definition) is 3. The molecular weight excluding hydrogens is 240 g/mol. The van der Waals surface area contributed by atoms with E-state index in [1.807, 2.05) is 11.3 Å². The molecule has 3 heteroatoms. The monoisotopic (exact) mass is 264 g/mol. The minimum absolute atomic E-state index is 0.393. The molecule has 1 saturated carbocycles. The molecule has 2 heterocycles. The van der Waals surface area contributed by atoms with Crippen molar-refractivity contribution in [2.45, 2.75) is 50.6 Å². The van der Waals surface area contributed by atoms with E-state index in [0.29, 0.717) is 6.04 Å². The van der Waals surface area contributed by atoms with Gasteiger partial charge in [-0.3, -0.25) is 4.90 Å². The Bertz CT molecular complexity index is 357. The summed E-state index contributed by atoms with van der Waals surface area (Å²) in [5, 5.41) is 2.19. The van der Waals surface area contributed by atoms with Crippen LogP contribution in [0.4, 0.5) is 0 Å². The van der Waals surface area contributed by atoms with E-state index in [4.69, 9.17) is 5.73 Å². The second-order valence-corrected chi connectivity index (χ2v) is 7.07. The number of hydrogen-bond donors (Lipinski definition) is 1. The third-order valence-corrected chi connectivity index (χ3v) is 5.41. The maximum absolute atomic E-state index is 6.27. The van der Waals surface area contributed by atoms with Gasteiger partial charge in [0.15, 0.2) is 0 Å². The molecule has 0 aromatic carbocycles. The van der Waals surface area contributed by atoms with Crippen molar-refractivity contribution in [3.63, 3.8) is 0 Å². The average Bonchev–Trinajstić information content (AvgIpc) is 3.00. The zero-order valence-corrected chi connectivity index (χ0v) is 11.9. The first-order valence-electron chi connectivity index (χ1n) is 7.33. The molecule has 18 heavy (non-hydrogen) atoms. The predicted molar refractivity (Wildman–Crippen MR) is 77.9 cm³/mol. The molecule has 1 aliphatic heterocycles. The van der Waals surface area contributed by atoms with E-state index < -0.39 is 0 Å². The molecule has 0 amide bonds. The summed E-state index contributed by atoms with van der Waals surface area (Å²) in [6.45, 7) is 2.40. The molecular formula is C15H24N2S. The number of nitrogens with two attached hydrogens (primary N) is 1. The second kappa shape index (κ2) is 5.72. The first-order valence-corrected chi connectivity index (χ1v) is 8.21. The van der Waals surface area contributed by atoms with Crippen LogP contribution < -0.4 is 5.73 Å². The van der Waals surface area contributed by atoms with Crippen LogP contribution in [0.15, 0.2) is 17.5 Å². The molecule has 2 N–H and O–H groups in total. The summed E-state index contributed by atoms with van der Waals surface area (Å²) in [6, 6.07) is 5.66. The lowest BCUT2D eigenvalue weighted by Crippen LogP contribution is -2.50. The minimum atomic E-state index is 0.393. The van der Waals surface area contributed by atoms with Gasteiger partial charge < -0.3 is 5.73 Å². The molecule has 2 unspecified atom stereocenters. The van der Waals surface area contributed by atoms with Crippen molar-refractivity contribution in [3.8, 4) is 0 Å². The molecule has 2 fully saturated rings. The Kier molecular flexibility index (Phi) is 4.02. The summed E-state index contributed by atoms with van der Waals surface area (Å²) >= 11 is 1.89. The Labute approximate surface area is 114 Å². The van der Waals surface area contributed by atoms with Crippen LogP contribution in [0.2, 0.25) is 0 Å². The molecule has 2 aliphatic rings. The van der Waals surface area contributed by atoms with Crippen LogP contribution in [-0.2, 0) is 6.42 Å². The smallest absolute Gasteiger partial charge is 0.0171 e. The summed E-state index contributed by atoms with van der Waals surface area (Å²) in [6.07, 6.45) is 8.09. The first-order chi connectivity index (χ1) is 8.81.